The number of amides is 1. The maximum absolute atomic E-state index is 12.5. The number of carbonyl (C=O) groups is 1. The van der Waals surface area contributed by atoms with Crippen molar-refractivity contribution in [2.75, 3.05) is 46.2 Å². The molecule has 0 bridgehead atoms. The van der Waals surface area contributed by atoms with Crippen molar-refractivity contribution in [1.82, 2.24) is 9.80 Å². The summed E-state index contributed by atoms with van der Waals surface area (Å²) in [5.41, 5.74) is 2.29. The van der Waals surface area contributed by atoms with Crippen LogP contribution in [-0.2, 0) is 11.2 Å². The van der Waals surface area contributed by atoms with Crippen molar-refractivity contribution in [3.05, 3.63) is 29.8 Å². The second-order valence-electron chi connectivity index (χ2n) is 5.68. The lowest BCUT2D eigenvalue weighted by atomic mass is 10.0. The van der Waals surface area contributed by atoms with Gasteiger partial charge in [-0.15, -0.1) is 0 Å². The molecule has 5 nitrogen and oxygen atoms in total. The molecular formula is C16H24N4O. The molecule has 1 aromatic rings. The van der Waals surface area contributed by atoms with Gasteiger partial charge in [0.05, 0.1) is 0 Å². The van der Waals surface area contributed by atoms with Gasteiger partial charge in [0.1, 0.15) is 6.54 Å². The highest BCUT2D eigenvalue weighted by molar-refractivity contribution is 5.97. The van der Waals surface area contributed by atoms with Gasteiger partial charge in [0, 0.05) is 40.4 Å². The molecule has 114 valence electrons. The van der Waals surface area contributed by atoms with E-state index in [9.17, 15) is 4.79 Å². The quantitative estimate of drug-likeness (QED) is 0.611. The van der Waals surface area contributed by atoms with Crippen molar-refractivity contribution >= 4 is 17.6 Å². The standard InChI is InChI=1S/C16H24N4O/c1-18(2)16(19(3)4)17-12-15(21)20-11-7-9-13-8-5-6-10-14(13)20/h5-6,8,10H,7,9,11-12H2,1-4H3. The van der Waals surface area contributed by atoms with Crippen molar-refractivity contribution < 1.29 is 4.79 Å². The third-order valence-electron chi connectivity index (χ3n) is 3.57. The molecule has 5 heteroatoms. The number of anilines is 1. The van der Waals surface area contributed by atoms with E-state index in [0.29, 0.717) is 0 Å². The summed E-state index contributed by atoms with van der Waals surface area (Å²) < 4.78 is 0. The average Bonchev–Trinajstić information content (AvgIpc) is 2.46. The van der Waals surface area contributed by atoms with Crippen LogP contribution in [0.4, 0.5) is 5.69 Å². The predicted molar refractivity (Wildman–Crippen MR) is 86.8 cm³/mol. The number of rotatable bonds is 2. The Morgan fingerprint density at radius 3 is 2.52 bits per heavy atom. The molecule has 0 aromatic heterocycles. The topological polar surface area (TPSA) is 39.2 Å². The van der Waals surface area contributed by atoms with Crippen molar-refractivity contribution in [3.63, 3.8) is 0 Å². The van der Waals surface area contributed by atoms with Crippen LogP contribution in [-0.4, -0.2) is 62.9 Å². The van der Waals surface area contributed by atoms with Gasteiger partial charge < -0.3 is 14.7 Å². The molecule has 0 N–H and O–H groups in total. The lowest BCUT2D eigenvalue weighted by Crippen LogP contribution is -2.39. The SMILES string of the molecule is CN(C)C(=NCC(=O)N1CCCc2ccccc21)N(C)C. The number of carbonyl (C=O) groups excluding carboxylic acids is 1. The Hall–Kier alpha value is -2.04. The molecule has 0 aliphatic carbocycles. The molecular weight excluding hydrogens is 264 g/mol. The van der Waals surface area contributed by atoms with Gasteiger partial charge in [-0.3, -0.25) is 4.79 Å². The number of benzene rings is 1. The summed E-state index contributed by atoms with van der Waals surface area (Å²) in [6.07, 6.45) is 2.06. The number of nitrogens with zero attached hydrogens (tertiary/aromatic N) is 4. The molecule has 0 saturated heterocycles. The minimum absolute atomic E-state index is 0.0587. The van der Waals surface area contributed by atoms with E-state index in [1.54, 1.807) is 0 Å². The monoisotopic (exact) mass is 288 g/mol. The van der Waals surface area contributed by atoms with Crippen LogP contribution in [0.1, 0.15) is 12.0 Å². The number of hydrogen-bond donors (Lipinski definition) is 0. The average molecular weight is 288 g/mol. The van der Waals surface area contributed by atoms with Crippen molar-refractivity contribution in [3.8, 4) is 0 Å². The lowest BCUT2D eigenvalue weighted by Gasteiger charge is -2.29. The Kier molecular flexibility index (Phi) is 4.83. The van der Waals surface area contributed by atoms with Crippen LogP contribution in [0.2, 0.25) is 0 Å². The summed E-state index contributed by atoms with van der Waals surface area (Å²) in [7, 11) is 7.72. The summed E-state index contributed by atoms with van der Waals surface area (Å²) in [5.74, 6) is 0.858. The fourth-order valence-electron chi connectivity index (χ4n) is 2.70. The highest BCUT2D eigenvalue weighted by atomic mass is 16.2. The van der Waals surface area contributed by atoms with Crippen molar-refractivity contribution in [1.29, 1.82) is 0 Å². The predicted octanol–water partition coefficient (Wildman–Crippen LogP) is 1.44. The summed E-state index contributed by atoms with van der Waals surface area (Å²) in [6, 6.07) is 8.14. The first-order chi connectivity index (χ1) is 10.0. The fraction of sp³-hybridized carbons (Fsp3) is 0.500. The summed E-state index contributed by atoms with van der Waals surface area (Å²) >= 11 is 0. The zero-order chi connectivity index (χ0) is 15.4. The van der Waals surface area contributed by atoms with E-state index in [0.717, 1.165) is 31.0 Å². The third-order valence-corrected chi connectivity index (χ3v) is 3.57. The lowest BCUT2D eigenvalue weighted by molar-refractivity contribution is -0.117. The first-order valence-corrected chi connectivity index (χ1v) is 7.28. The van der Waals surface area contributed by atoms with Crippen LogP contribution in [0.5, 0.6) is 0 Å². The zero-order valence-corrected chi connectivity index (χ0v) is 13.3. The summed E-state index contributed by atoms with van der Waals surface area (Å²) in [4.78, 5) is 22.6. The first kappa shape index (κ1) is 15.4. The highest BCUT2D eigenvalue weighted by Gasteiger charge is 2.21. The molecule has 21 heavy (non-hydrogen) atoms. The molecule has 0 spiro atoms. The van der Waals surface area contributed by atoms with Gasteiger partial charge in [-0.1, -0.05) is 18.2 Å². The van der Waals surface area contributed by atoms with Crippen LogP contribution in [0, 0.1) is 0 Å². The minimum atomic E-state index is 0.0587. The number of aryl methyl sites for hydroxylation is 1. The maximum Gasteiger partial charge on any atom is 0.248 e. The minimum Gasteiger partial charge on any atom is -0.349 e. The molecule has 1 aromatic carbocycles. The van der Waals surface area contributed by atoms with Gasteiger partial charge in [0.15, 0.2) is 5.96 Å². The van der Waals surface area contributed by atoms with Crippen LogP contribution < -0.4 is 4.90 Å². The largest absolute Gasteiger partial charge is 0.349 e. The van der Waals surface area contributed by atoms with Crippen molar-refractivity contribution in [2.24, 2.45) is 4.99 Å². The normalized spacial score (nSPS) is 13.4. The summed E-state index contributed by atoms with van der Waals surface area (Å²) in [5, 5.41) is 0. The number of guanidine groups is 1. The molecule has 0 saturated carbocycles. The molecule has 0 fully saturated rings. The smallest absolute Gasteiger partial charge is 0.248 e. The van der Waals surface area contributed by atoms with Gasteiger partial charge in [-0.05, 0) is 24.5 Å². The van der Waals surface area contributed by atoms with Gasteiger partial charge in [0.25, 0.3) is 0 Å². The van der Waals surface area contributed by atoms with E-state index in [1.807, 2.05) is 61.1 Å². The second-order valence-corrected chi connectivity index (χ2v) is 5.68. The van der Waals surface area contributed by atoms with Crippen LogP contribution in [0.3, 0.4) is 0 Å². The van der Waals surface area contributed by atoms with E-state index in [4.69, 9.17) is 0 Å². The van der Waals surface area contributed by atoms with E-state index in [1.165, 1.54) is 5.56 Å². The van der Waals surface area contributed by atoms with Crippen LogP contribution >= 0.6 is 0 Å². The Bertz CT molecular complexity index is 527. The zero-order valence-electron chi connectivity index (χ0n) is 13.3. The van der Waals surface area contributed by atoms with E-state index < -0.39 is 0 Å². The van der Waals surface area contributed by atoms with Crippen LogP contribution in [0.15, 0.2) is 29.3 Å². The van der Waals surface area contributed by atoms with Gasteiger partial charge in [0.2, 0.25) is 5.91 Å². The van der Waals surface area contributed by atoms with Gasteiger partial charge in [-0.25, -0.2) is 4.99 Å². The summed E-state index contributed by atoms with van der Waals surface area (Å²) in [6.45, 7) is 0.963. The van der Waals surface area contributed by atoms with E-state index >= 15 is 0 Å². The molecule has 2 rings (SSSR count). The Balaban J connectivity index is 2.13. The molecule has 1 heterocycles. The first-order valence-electron chi connectivity index (χ1n) is 7.28. The third kappa shape index (κ3) is 3.54. The molecule has 1 aliphatic rings. The molecule has 0 unspecified atom stereocenters. The number of hydrogen-bond acceptors (Lipinski definition) is 2. The fourth-order valence-corrected chi connectivity index (χ4v) is 2.70. The number of aliphatic imine (C=N–C) groups is 1. The van der Waals surface area contributed by atoms with Gasteiger partial charge >= 0.3 is 0 Å². The Morgan fingerprint density at radius 2 is 1.86 bits per heavy atom. The van der Waals surface area contributed by atoms with Gasteiger partial charge in [-0.2, -0.15) is 0 Å². The maximum atomic E-state index is 12.5. The molecule has 1 aliphatic heterocycles. The van der Waals surface area contributed by atoms with Crippen LogP contribution in [0.25, 0.3) is 0 Å². The Labute approximate surface area is 126 Å². The molecule has 0 radical (unpaired) electrons. The van der Waals surface area contributed by atoms with Crippen molar-refractivity contribution in [2.45, 2.75) is 12.8 Å². The second kappa shape index (κ2) is 6.61. The van der Waals surface area contributed by atoms with E-state index in [2.05, 4.69) is 11.1 Å². The highest BCUT2D eigenvalue weighted by Crippen LogP contribution is 2.26. The number of para-hydroxylation sites is 1. The molecule has 0 atom stereocenters. The van der Waals surface area contributed by atoms with E-state index in [-0.39, 0.29) is 12.5 Å². The number of fused-ring (bicyclic) bond motifs is 1. The molecule has 1 amide bonds. The Morgan fingerprint density at radius 1 is 1.19 bits per heavy atom.